The Balaban J connectivity index is 0.000000312. The average molecular weight is 499 g/mol. The van der Waals surface area contributed by atoms with E-state index in [9.17, 15) is 0 Å². The first-order valence-electron chi connectivity index (χ1n) is 7.44. The van der Waals surface area contributed by atoms with E-state index in [2.05, 4.69) is 23.2 Å². The van der Waals surface area contributed by atoms with E-state index in [1.807, 2.05) is 48.7 Å². The van der Waals surface area contributed by atoms with Crippen LogP contribution in [-0.4, -0.2) is 21.3 Å². The van der Waals surface area contributed by atoms with E-state index in [4.69, 9.17) is 10.2 Å². The smallest absolute Gasteiger partial charge is 0.0877 e. The van der Waals surface area contributed by atoms with Crippen molar-refractivity contribution in [3.8, 4) is 11.3 Å². The third-order valence-electron chi connectivity index (χ3n) is 3.12. The van der Waals surface area contributed by atoms with Gasteiger partial charge < -0.3 is 15.2 Å². The van der Waals surface area contributed by atoms with E-state index < -0.39 is 6.10 Å². The molecule has 3 aromatic rings. The maximum atomic E-state index is 8.49. The Morgan fingerprint density at radius 3 is 2.42 bits per heavy atom. The molecule has 24 heavy (non-hydrogen) atoms. The number of hydrogen-bond donors (Lipinski definition) is 2. The van der Waals surface area contributed by atoms with Gasteiger partial charge >= 0.3 is 0 Å². The molecule has 0 fully saturated rings. The van der Waals surface area contributed by atoms with Crippen LogP contribution in [0.3, 0.4) is 0 Å². The van der Waals surface area contributed by atoms with Gasteiger partial charge in [0, 0.05) is 26.3 Å². The van der Waals surface area contributed by atoms with E-state index in [1.54, 1.807) is 6.92 Å². The number of benzene rings is 2. The quantitative estimate of drug-likeness (QED) is 0.403. The molecule has 3 nitrogen and oxygen atoms in total. The topological polar surface area (TPSA) is 53.4 Å². The van der Waals surface area contributed by atoms with E-state index in [0.29, 0.717) is 0 Å². The van der Waals surface area contributed by atoms with Crippen LogP contribution in [0.1, 0.15) is 13.8 Å². The van der Waals surface area contributed by atoms with Crippen molar-refractivity contribution in [2.45, 2.75) is 20.0 Å². The van der Waals surface area contributed by atoms with Crippen molar-refractivity contribution in [1.29, 1.82) is 0 Å². The molecule has 0 aliphatic rings. The number of allylic oxidation sites excluding steroid dienone is 1. The van der Waals surface area contributed by atoms with E-state index in [-0.39, 0.29) is 25.9 Å². The molecule has 1 atom stereocenters. The molecule has 0 saturated carbocycles. The summed E-state index contributed by atoms with van der Waals surface area (Å²) in [6.07, 6.45) is 2.67. The Labute approximate surface area is 156 Å². The number of fused-ring (bicyclic) bond motifs is 1. The minimum absolute atomic E-state index is 0. The monoisotopic (exact) mass is 499 g/mol. The molecule has 0 saturated heterocycles. The van der Waals surface area contributed by atoms with Gasteiger partial charge in [-0.1, -0.05) is 24.3 Å². The Morgan fingerprint density at radius 2 is 1.83 bits per heavy atom. The van der Waals surface area contributed by atoms with Crippen molar-refractivity contribution < 1.29 is 30.3 Å². The summed E-state index contributed by atoms with van der Waals surface area (Å²) in [6, 6.07) is 21.4. The second-order valence-electron chi connectivity index (χ2n) is 5.21. The number of aliphatic hydroxyl groups excluding tert-OH is 2. The van der Waals surface area contributed by atoms with E-state index in [0.717, 1.165) is 11.3 Å². The summed E-state index contributed by atoms with van der Waals surface area (Å²) >= 11 is 0. The minimum Gasteiger partial charge on any atom is -0.513 e. The first kappa shape index (κ1) is 20.0. The SMILES string of the molecule is CC(O)=CC(C)O.[Ir].[c-]1ccccc1-c1nccc2ccccc12. The number of hydrogen-bond acceptors (Lipinski definition) is 3. The van der Waals surface area contributed by atoms with Crippen molar-refractivity contribution in [3.63, 3.8) is 0 Å². The number of aliphatic hydroxyl groups is 2. The first-order valence-corrected chi connectivity index (χ1v) is 7.44. The Bertz CT molecular complexity index is 777. The molecule has 3 rings (SSSR count). The van der Waals surface area contributed by atoms with Crippen molar-refractivity contribution in [2.75, 3.05) is 0 Å². The Kier molecular flexibility index (Phi) is 8.34. The maximum Gasteiger partial charge on any atom is 0.0877 e. The zero-order valence-corrected chi connectivity index (χ0v) is 16.0. The minimum atomic E-state index is -0.537. The molecule has 0 aliphatic heterocycles. The second-order valence-corrected chi connectivity index (χ2v) is 5.21. The van der Waals surface area contributed by atoms with Crippen LogP contribution in [-0.2, 0) is 20.1 Å². The molecule has 1 aromatic heterocycles. The van der Waals surface area contributed by atoms with Crippen LogP contribution in [0.5, 0.6) is 0 Å². The molecule has 127 valence electrons. The van der Waals surface area contributed by atoms with Crippen LogP contribution in [0, 0.1) is 6.07 Å². The standard InChI is InChI=1S/C15H10N.C5H10O2.Ir/c1-2-7-13(8-3-1)15-14-9-5-4-6-12(14)10-11-16-15;1-4(6)3-5(2)7;/h1-7,9-11H;3-4,6-7H,1-2H3;/q-1;;. The summed E-state index contributed by atoms with van der Waals surface area (Å²) in [6.45, 7) is 3.10. The first-order chi connectivity index (χ1) is 11.1. The van der Waals surface area contributed by atoms with E-state index in [1.165, 1.54) is 23.8 Å². The Morgan fingerprint density at radius 1 is 1.12 bits per heavy atom. The fourth-order valence-corrected chi connectivity index (χ4v) is 2.22. The number of aromatic nitrogens is 1. The third kappa shape index (κ3) is 5.89. The van der Waals surface area contributed by atoms with Gasteiger partial charge in [0.1, 0.15) is 0 Å². The molecule has 0 bridgehead atoms. The molecule has 4 heteroatoms. The normalized spacial score (nSPS) is 11.9. The molecular formula is C20H20IrNO2-. The maximum absolute atomic E-state index is 8.49. The van der Waals surface area contributed by atoms with Gasteiger partial charge in [-0.3, -0.25) is 0 Å². The summed E-state index contributed by atoms with van der Waals surface area (Å²) in [5, 5.41) is 19.3. The van der Waals surface area contributed by atoms with Crippen molar-refractivity contribution in [1.82, 2.24) is 4.98 Å². The molecule has 1 heterocycles. The van der Waals surface area contributed by atoms with Gasteiger partial charge in [0.15, 0.2) is 0 Å². The number of rotatable bonds is 2. The largest absolute Gasteiger partial charge is 0.513 e. The van der Waals surface area contributed by atoms with Gasteiger partial charge in [0.25, 0.3) is 0 Å². The van der Waals surface area contributed by atoms with Gasteiger partial charge in [-0.05, 0) is 42.5 Å². The zero-order chi connectivity index (χ0) is 16.7. The summed E-state index contributed by atoms with van der Waals surface area (Å²) in [5.41, 5.74) is 2.04. The van der Waals surface area contributed by atoms with Crippen LogP contribution in [0.2, 0.25) is 0 Å². The fraction of sp³-hybridized carbons (Fsp3) is 0.150. The van der Waals surface area contributed by atoms with Crippen LogP contribution in [0.25, 0.3) is 22.0 Å². The molecule has 0 spiro atoms. The van der Waals surface area contributed by atoms with Crippen LogP contribution in [0.4, 0.5) is 0 Å². The van der Waals surface area contributed by atoms with Gasteiger partial charge in [-0.2, -0.15) is 0 Å². The molecular weight excluding hydrogens is 478 g/mol. The second kappa shape index (κ2) is 9.99. The summed E-state index contributed by atoms with van der Waals surface area (Å²) < 4.78 is 0. The van der Waals surface area contributed by atoms with Crippen molar-refractivity contribution in [3.05, 3.63) is 78.7 Å². The Hall–Kier alpha value is -2.00. The van der Waals surface area contributed by atoms with Crippen LogP contribution < -0.4 is 0 Å². The summed E-state index contributed by atoms with van der Waals surface area (Å²) in [7, 11) is 0. The summed E-state index contributed by atoms with van der Waals surface area (Å²) in [4.78, 5) is 4.45. The predicted molar refractivity (Wildman–Crippen MR) is 94.1 cm³/mol. The number of nitrogens with zero attached hydrogens (tertiary/aromatic N) is 1. The summed E-state index contributed by atoms with van der Waals surface area (Å²) in [5.74, 6) is 0.162. The van der Waals surface area contributed by atoms with Gasteiger partial charge in [0.2, 0.25) is 0 Å². The zero-order valence-electron chi connectivity index (χ0n) is 13.6. The van der Waals surface area contributed by atoms with Gasteiger partial charge in [0.05, 0.1) is 11.9 Å². The molecule has 2 N–H and O–H groups in total. The van der Waals surface area contributed by atoms with Crippen LogP contribution >= 0.6 is 0 Å². The third-order valence-corrected chi connectivity index (χ3v) is 3.12. The molecule has 0 aliphatic carbocycles. The molecule has 1 unspecified atom stereocenters. The van der Waals surface area contributed by atoms with Gasteiger partial charge in [-0.25, -0.2) is 0 Å². The number of pyridine rings is 1. The van der Waals surface area contributed by atoms with Crippen LogP contribution in [0.15, 0.2) is 72.6 Å². The van der Waals surface area contributed by atoms with Gasteiger partial charge in [-0.15, -0.1) is 35.9 Å². The molecule has 1 radical (unpaired) electrons. The molecule has 2 aromatic carbocycles. The van der Waals surface area contributed by atoms with Crippen molar-refractivity contribution >= 4 is 10.8 Å². The fourth-order valence-electron chi connectivity index (χ4n) is 2.22. The predicted octanol–water partition coefficient (Wildman–Crippen LogP) is 4.53. The molecule has 0 amide bonds. The van der Waals surface area contributed by atoms with Crippen molar-refractivity contribution in [2.24, 2.45) is 0 Å². The van der Waals surface area contributed by atoms with E-state index >= 15 is 0 Å². The average Bonchev–Trinajstić information content (AvgIpc) is 2.54.